The Morgan fingerprint density at radius 3 is 2.82 bits per heavy atom. The van der Waals surface area contributed by atoms with Crippen molar-refractivity contribution in [3.05, 3.63) is 4.88 Å². The fraction of sp³-hybridized carbons (Fsp3) is 0.583. The van der Waals surface area contributed by atoms with E-state index in [4.69, 9.17) is 5.73 Å². The van der Waals surface area contributed by atoms with Crippen LogP contribution in [-0.4, -0.2) is 18.6 Å². The van der Waals surface area contributed by atoms with Crippen molar-refractivity contribution >= 4 is 39.6 Å². The summed E-state index contributed by atoms with van der Waals surface area (Å²) in [6.45, 7) is 2.88. The van der Waals surface area contributed by atoms with Crippen LogP contribution in [0.15, 0.2) is 4.90 Å². The molecule has 1 heterocycles. The minimum atomic E-state index is 0.141. The number of ketones is 1. The van der Waals surface area contributed by atoms with Gasteiger partial charge in [-0.3, -0.25) is 4.79 Å². The first-order valence-electron chi connectivity index (χ1n) is 5.90. The van der Waals surface area contributed by atoms with E-state index in [2.05, 4.69) is 5.32 Å². The lowest BCUT2D eigenvalue weighted by atomic mass is 10.2. The van der Waals surface area contributed by atoms with Crippen LogP contribution < -0.4 is 11.1 Å². The van der Waals surface area contributed by atoms with Gasteiger partial charge in [-0.15, -0.1) is 23.1 Å². The maximum absolute atomic E-state index is 11.8. The zero-order valence-corrected chi connectivity index (χ0v) is 11.8. The highest BCUT2D eigenvalue weighted by Gasteiger charge is 2.23. The van der Waals surface area contributed by atoms with Crippen molar-refractivity contribution in [2.24, 2.45) is 5.92 Å². The SMILES string of the molecule is CCC(=O)c1sc(NCC2CC2)c(SC)c1N. The Balaban J connectivity index is 2.20. The van der Waals surface area contributed by atoms with Crippen LogP contribution in [0.5, 0.6) is 0 Å². The molecule has 3 N–H and O–H groups in total. The van der Waals surface area contributed by atoms with Gasteiger partial charge >= 0.3 is 0 Å². The second kappa shape index (κ2) is 5.31. The molecule has 0 radical (unpaired) electrons. The van der Waals surface area contributed by atoms with Gasteiger partial charge in [0, 0.05) is 13.0 Å². The van der Waals surface area contributed by atoms with Crippen LogP contribution in [0.25, 0.3) is 0 Å². The largest absolute Gasteiger partial charge is 0.396 e. The zero-order chi connectivity index (χ0) is 12.4. The third kappa shape index (κ3) is 2.77. The van der Waals surface area contributed by atoms with Crippen LogP contribution in [-0.2, 0) is 0 Å². The Morgan fingerprint density at radius 2 is 2.29 bits per heavy atom. The average Bonchev–Trinajstić information content (AvgIpc) is 3.10. The molecule has 0 spiro atoms. The molecule has 0 bridgehead atoms. The lowest BCUT2D eigenvalue weighted by Crippen LogP contribution is -2.02. The third-order valence-corrected chi connectivity index (χ3v) is 5.09. The molecular weight excluding hydrogens is 252 g/mol. The van der Waals surface area contributed by atoms with Crippen molar-refractivity contribution in [2.45, 2.75) is 31.1 Å². The van der Waals surface area contributed by atoms with Gasteiger partial charge in [0.25, 0.3) is 0 Å². The molecule has 0 aromatic carbocycles. The molecule has 0 atom stereocenters. The molecule has 1 aliphatic rings. The van der Waals surface area contributed by atoms with E-state index < -0.39 is 0 Å². The Hall–Kier alpha value is -0.680. The Morgan fingerprint density at radius 1 is 1.59 bits per heavy atom. The third-order valence-electron chi connectivity index (χ3n) is 2.93. The number of anilines is 2. The van der Waals surface area contributed by atoms with Gasteiger partial charge < -0.3 is 11.1 Å². The summed E-state index contributed by atoms with van der Waals surface area (Å²) in [6, 6.07) is 0. The van der Waals surface area contributed by atoms with E-state index in [1.807, 2.05) is 13.2 Å². The number of hydrogen-bond donors (Lipinski definition) is 2. The molecule has 17 heavy (non-hydrogen) atoms. The number of carbonyl (C=O) groups is 1. The van der Waals surface area contributed by atoms with Gasteiger partial charge in [0.1, 0.15) is 5.00 Å². The first kappa shape index (κ1) is 12.8. The Labute approximate surface area is 110 Å². The normalized spacial score (nSPS) is 14.9. The van der Waals surface area contributed by atoms with E-state index in [1.54, 1.807) is 11.8 Å². The standard InChI is InChI=1S/C12H18N2OS2/c1-3-8(15)10-9(13)11(16-2)12(17-10)14-6-7-4-5-7/h7,14H,3-6,13H2,1-2H3. The predicted molar refractivity (Wildman–Crippen MR) is 76.3 cm³/mol. The van der Waals surface area contributed by atoms with Gasteiger partial charge in [0.15, 0.2) is 5.78 Å². The molecule has 1 aliphatic carbocycles. The number of Topliss-reactive ketones (excluding diaryl/α,β-unsaturated/α-hetero) is 1. The van der Waals surface area contributed by atoms with E-state index in [-0.39, 0.29) is 5.78 Å². The van der Waals surface area contributed by atoms with E-state index in [9.17, 15) is 4.79 Å². The van der Waals surface area contributed by atoms with Crippen molar-refractivity contribution in [3.8, 4) is 0 Å². The molecule has 0 amide bonds. The second-order valence-corrected chi connectivity index (χ2v) is 6.15. The maximum Gasteiger partial charge on any atom is 0.174 e. The Kier molecular flexibility index (Phi) is 3.99. The summed E-state index contributed by atoms with van der Waals surface area (Å²) in [5.74, 6) is 0.959. The van der Waals surface area contributed by atoms with E-state index in [1.165, 1.54) is 24.2 Å². The van der Waals surface area contributed by atoms with Gasteiger partial charge in [0.05, 0.1) is 15.5 Å². The molecule has 0 saturated heterocycles. The highest BCUT2D eigenvalue weighted by atomic mass is 32.2. The zero-order valence-electron chi connectivity index (χ0n) is 10.2. The topological polar surface area (TPSA) is 55.1 Å². The van der Waals surface area contributed by atoms with Crippen molar-refractivity contribution in [3.63, 3.8) is 0 Å². The molecule has 0 aliphatic heterocycles. The number of carbonyl (C=O) groups excluding carboxylic acids is 1. The van der Waals surface area contributed by atoms with E-state index >= 15 is 0 Å². The smallest absolute Gasteiger partial charge is 0.174 e. The summed E-state index contributed by atoms with van der Waals surface area (Å²) < 4.78 is 0. The number of thioether (sulfide) groups is 1. The summed E-state index contributed by atoms with van der Waals surface area (Å²) in [7, 11) is 0. The number of nitrogen functional groups attached to an aromatic ring is 1. The van der Waals surface area contributed by atoms with E-state index in [0.29, 0.717) is 12.1 Å². The average molecular weight is 270 g/mol. The fourth-order valence-electron chi connectivity index (χ4n) is 1.67. The molecule has 0 unspecified atom stereocenters. The molecule has 1 aromatic rings. The van der Waals surface area contributed by atoms with Crippen LogP contribution in [0, 0.1) is 5.92 Å². The summed E-state index contributed by atoms with van der Waals surface area (Å²) >= 11 is 3.12. The van der Waals surface area contributed by atoms with Crippen molar-refractivity contribution in [2.75, 3.05) is 23.9 Å². The van der Waals surface area contributed by atoms with E-state index in [0.717, 1.165) is 27.2 Å². The highest BCUT2D eigenvalue weighted by molar-refractivity contribution is 7.99. The van der Waals surface area contributed by atoms with Crippen molar-refractivity contribution in [1.82, 2.24) is 0 Å². The molecule has 1 saturated carbocycles. The molecule has 1 aromatic heterocycles. The highest BCUT2D eigenvalue weighted by Crippen LogP contribution is 2.42. The summed E-state index contributed by atoms with van der Waals surface area (Å²) in [5, 5.41) is 4.50. The maximum atomic E-state index is 11.8. The molecule has 1 fully saturated rings. The van der Waals surface area contributed by atoms with Crippen molar-refractivity contribution in [1.29, 1.82) is 0 Å². The van der Waals surface area contributed by atoms with Crippen LogP contribution in [0.4, 0.5) is 10.7 Å². The Bertz CT molecular complexity index is 424. The van der Waals surface area contributed by atoms with Crippen LogP contribution in [0.3, 0.4) is 0 Å². The molecule has 2 rings (SSSR count). The molecule has 3 nitrogen and oxygen atoms in total. The first-order valence-corrected chi connectivity index (χ1v) is 7.94. The number of hydrogen-bond acceptors (Lipinski definition) is 5. The molecular formula is C12H18N2OS2. The quantitative estimate of drug-likeness (QED) is 0.614. The number of rotatable bonds is 6. The molecule has 94 valence electrons. The predicted octanol–water partition coefficient (Wildman–Crippen LogP) is 3.47. The number of thiophene rings is 1. The van der Waals surface area contributed by atoms with Gasteiger partial charge in [-0.05, 0) is 25.0 Å². The molecule has 5 heteroatoms. The minimum Gasteiger partial charge on any atom is -0.396 e. The van der Waals surface area contributed by atoms with Gasteiger partial charge in [0.2, 0.25) is 0 Å². The minimum absolute atomic E-state index is 0.141. The summed E-state index contributed by atoms with van der Waals surface area (Å²) in [6.07, 6.45) is 5.16. The van der Waals surface area contributed by atoms with Crippen LogP contribution in [0.2, 0.25) is 0 Å². The van der Waals surface area contributed by atoms with Crippen molar-refractivity contribution < 1.29 is 4.79 Å². The van der Waals surface area contributed by atoms with Gasteiger partial charge in [-0.2, -0.15) is 0 Å². The number of nitrogens with one attached hydrogen (secondary N) is 1. The first-order chi connectivity index (χ1) is 8.17. The van der Waals surface area contributed by atoms with Crippen LogP contribution in [0.1, 0.15) is 35.9 Å². The van der Waals surface area contributed by atoms with Gasteiger partial charge in [-0.1, -0.05) is 6.92 Å². The monoisotopic (exact) mass is 270 g/mol. The second-order valence-electron chi connectivity index (χ2n) is 4.31. The van der Waals surface area contributed by atoms with Crippen LogP contribution >= 0.6 is 23.1 Å². The van der Waals surface area contributed by atoms with Gasteiger partial charge in [-0.25, -0.2) is 0 Å². The lowest BCUT2D eigenvalue weighted by molar-refractivity contribution is 0.0992. The number of nitrogens with two attached hydrogens (primary N) is 1. The summed E-state index contributed by atoms with van der Waals surface area (Å²) in [5.41, 5.74) is 6.70. The summed E-state index contributed by atoms with van der Waals surface area (Å²) in [4.78, 5) is 13.5. The fourth-order valence-corrected chi connectivity index (χ4v) is 3.73. The lowest BCUT2D eigenvalue weighted by Gasteiger charge is -2.04.